The van der Waals surface area contributed by atoms with Gasteiger partial charge in [0.1, 0.15) is 11.3 Å². The smallest absolute Gasteiger partial charge is 0.145 e. The van der Waals surface area contributed by atoms with Crippen LogP contribution < -0.4 is 4.74 Å². The van der Waals surface area contributed by atoms with E-state index in [0.717, 1.165) is 21.1 Å². The van der Waals surface area contributed by atoms with Crippen molar-refractivity contribution in [2.75, 3.05) is 7.11 Å². The number of hydrogen-bond acceptors (Lipinski definition) is 2. The van der Waals surface area contributed by atoms with Gasteiger partial charge in [0.2, 0.25) is 0 Å². The molecule has 0 N–H and O–H groups in total. The predicted octanol–water partition coefficient (Wildman–Crippen LogP) is 4.30. The lowest BCUT2D eigenvalue weighted by atomic mass is 9.85. The van der Waals surface area contributed by atoms with E-state index in [4.69, 9.17) is 4.74 Å². The minimum absolute atomic E-state index is 0.0619. The Labute approximate surface area is 110 Å². The molecule has 0 bridgehead atoms. The number of hydrogen-bond donors (Lipinski definition) is 0. The third-order valence-corrected chi connectivity index (χ3v) is 3.39. The van der Waals surface area contributed by atoms with Crippen LogP contribution >= 0.6 is 15.9 Å². The van der Waals surface area contributed by atoms with Crippen molar-refractivity contribution in [3.05, 3.63) is 34.4 Å². The maximum atomic E-state index is 5.36. The molecule has 0 aliphatic carbocycles. The fourth-order valence-electron chi connectivity index (χ4n) is 2.10. The molecule has 0 saturated carbocycles. The molecule has 90 valence electrons. The van der Waals surface area contributed by atoms with Gasteiger partial charge in [0.25, 0.3) is 0 Å². The second-order valence-corrected chi connectivity index (χ2v) is 5.94. The summed E-state index contributed by atoms with van der Waals surface area (Å²) in [5, 5.41) is 1.14. The normalized spacial score (nSPS) is 11.8. The van der Waals surface area contributed by atoms with Crippen molar-refractivity contribution in [3.63, 3.8) is 0 Å². The molecule has 0 fully saturated rings. The number of ether oxygens (including phenoxy) is 1. The van der Waals surface area contributed by atoms with Crippen LogP contribution in [-0.4, -0.2) is 12.1 Å². The lowest BCUT2D eigenvalue weighted by Gasteiger charge is -2.23. The Bertz CT molecular complexity index is 558. The fraction of sp³-hybridized carbons (Fsp3) is 0.357. The summed E-state index contributed by atoms with van der Waals surface area (Å²) < 4.78 is 6.40. The maximum Gasteiger partial charge on any atom is 0.145 e. The predicted molar refractivity (Wildman–Crippen MR) is 74.7 cm³/mol. The molecule has 17 heavy (non-hydrogen) atoms. The molecule has 1 aromatic carbocycles. The van der Waals surface area contributed by atoms with Gasteiger partial charge in [-0.15, -0.1) is 0 Å². The summed E-state index contributed by atoms with van der Waals surface area (Å²) in [4.78, 5) is 4.45. The Hall–Kier alpha value is -1.09. The molecular formula is C14H16BrNO. The summed E-state index contributed by atoms with van der Waals surface area (Å²) >= 11 is 3.60. The second-order valence-electron chi connectivity index (χ2n) is 5.09. The van der Waals surface area contributed by atoms with Crippen molar-refractivity contribution in [2.45, 2.75) is 26.2 Å². The molecule has 0 spiro atoms. The second kappa shape index (κ2) is 4.30. The summed E-state index contributed by atoms with van der Waals surface area (Å²) in [5.74, 6) is 0.820. The largest absolute Gasteiger partial charge is 0.494 e. The zero-order valence-electron chi connectivity index (χ0n) is 10.5. The van der Waals surface area contributed by atoms with E-state index in [1.54, 1.807) is 7.11 Å². The van der Waals surface area contributed by atoms with Crippen molar-refractivity contribution < 1.29 is 4.74 Å². The Morgan fingerprint density at radius 3 is 2.53 bits per heavy atom. The Balaban J connectivity index is 2.87. The standard InChI is InChI=1S/C14H16BrNO/c1-14(2,3)12-9-6-5-7-11(17-4)13(9)16-8-10(12)15/h5-8H,1-4H3. The van der Waals surface area contributed by atoms with Crippen LogP contribution in [0.25, 0.3) is 10.9 Å². The lowest BCUT2D eigenvalue weighted by Crippen LogP contribution is -2.13. The van der Waals surface area contributed by atoms with E-state index in [0.29, 0.717) is 0 Å². The number of para-hydroxylation sites is 1. The van der Waals surface area contributed by atoms with Crippen LogP contribution in [0.15, 0.2) is 28.9 Å². The molecule has 0 amide bonds. The van der Waals surface area contributed by atoms with Gasteiger partial charge >= 0.3 is 0 Å². The van der Waals surface area contributed by atoms with Gasteiger partial charge < -0.3 is 4.74 Å². The lowest BCUT2D eigenvalue weighted by molar-refractivity contribution is 0.419. The maximum absolute atomic E-state index is 5.36. The molecule has 2 nitrogen and oxygen atoms in total. The van der Waals surface area contributed by atoms with Gasteiger partial charge in [-0.05, 0) is 33.0 Å². The zero-order valence-corrected chi connectivity index (χ0v) is 12.1. The first-order chi connectivity index (χ1) is 7.95. The van der Waals surface area contributed by atoms with Crippen molar-refractivity contribution in [2.24, 2.45) is 0 Å². The topological polar surface area (TPSA) is 22.1 Å². The molecule has 0 saturated heterocycles. The summed E-state index contributed by atoms with van der Waals surface area (Å²) in [5.41, 5.74) is 2.25. The van der Waals surface area contributed by atoms with Crippen LogP contribution in [0, 0.1) is 0 Å². The Morgan fingerprint density at radius 2 is 1.94 bits per heavy atom. The van der Waals surface area contributed by atoms with E-state index in [1.165, 1.54) is 5.56 Å². The van der Waals surface area contributed by atoms with E-state index < -0.39 is 0 Å². The number of benzene rings is 1. The first-order valence-electron chi connectivity index (χ1n) is 5.57. The van der Waals surface area contributed by atoms with Crippen molar-refractivity contribution in [1.29, 1.82) is 0 Å². The number of fused-ring (bicyclic) bond motifs is 1. The van der Waals surface area contributed by atoms with Gasteiger partial charge in [-0.2, -0.15) is 0 Å². The van der Waals surface area contributed by atoms with Crippen LogP contribution in [-0.2, 0) is 5.41 Å². The summed E-state index contributed by atoms with van der Waals surface area (Å²) in [7, 11) is 1.68. The number of pyridine rings is 1. The third kappa shape index (κ3) is 2.16. The summed E-state index contributed by atoms with van der Waals surface area (Å²) in [6.07, 6.45) is 1.85. The molecule has 0 aliphatic heterocycles. The van der Waals surface area contributed by atoms with E-state index >= 15 is 0 Å². The third-order valence-electron chi connectivity index (χ3n) is 2.78. The molecule has 0 atom stereocenters. The molecule has 1 heterocycles. The van der Waals surface area contributed by atoms with Crippen molar-refractivity contribution in [1.82, 2.24) is 4.98 Å². The van der Waals surface area contributed by atoms with Crippen LogP contribution in [0.4, 0.5) is 0 Å². The van der Waals surface area contributed by atoms with Gasteiger partial charge in [-0.1, -0.05) is 32.9 Å². The van der Waals surface area contributed by atoms with Gasteiger partial charge in [0.05, 0.1) is 7.11 Å². The van der Waals surface area contributed by atoms with E-state index in [-0.39, 0.29) is 5.41 Å². The van der Waals surface area contributed by atoms with Crippen LogP contribution in [0.5, 0.6) is 5.75 Å². The number of halogens is 1. The highest BCUT2D eigenvalue weighted by molar-refractivity contribution is 9.10. The minimum Gasteiger partial charge on any atom is -0.494 e. The number of nitrogens with zero attached hydrogens (tertiary/aromatic N) is 1. The average Bonchev–Trinajstić information content (AvgIpc) is 2.25. The Kier molecular flexibility index (Phi) is 3.13. The highest BCUT2D eigenvalue weighted by Crippen LogP contribution is 2.37. The van der Waals surface area contributed by atoms with Crippen LogP contribution in [0.2, 0.25) is 0 Å². The highest BCUT2D eigenvalue weighted by Gasteiger charge is 2.21. The van der Waals surface area contributed by atoms with E-state index in [9.17, 15) is 0 Å². The zero-order chi connectivity index (χ0) is 12.6. The van der Waals surface area contributed by atoms with Gasteiger partial charge in [-0.25, -0.2) is 0 Å². The first-order valence-corrected chi connectivity index (χ1v) is 6.36. The van der Waals surface area contributed by atoms with Crippen LogP contribution in [0.3, 0.4) is 0 Å². The molecule has 0 radical (unpaired) electrons. The highest BCUT2D eigenvalue weighted by atomic mass is 79.9. The molecule has 3 heteroatoms. The molecule has 1 aromatic heterocycles. The van der Waals surface area contributed by atoms with Crippen molar-refractivity contribution in [3.8, 4) is 5.75 Å². The quantitative estimate of drug-likeness (QED) is 0.782. The SMILES string of the molecule is COc1cccc2c(C(C)(C)C)c(Br)cnc12. The van der Waals surface area contributed by atoms with E-state index in [1.807, 2.05) is 18.3 Å². The molecule has 0 unspecified atom stereocenters. The molecule has 2 rings (SSSR count). The van der Waals surface area contributed by atoms with Gasteiger partial charge in [0, 0.05) is 16.1 Å². The summed E-state index contributed by atoms with van der Waals surface area (Å²) in [6, 6.07) is 6.04. The molecule has 2 aromatic rings. The number of aromatic nitrogens is 1. The summed E-state index contributed by atoms with van der Waals surface area (Å²) in [6.45, 7) is 6.60. The van der Waals surface area contributed by atoms with Crippen molar-refractivity contribution >= 4 is 26.8 Å². The minimum atomic E-state index is 0.0619. The average molecular weight is 294 g/mol. The Morgan fingerprint density at radius 1 is 1.24 bits per heavy atom. The van der Waals surface area contributed by atoms with E-state index in [2.05, 4.69) is 47.8 Å². The van der Waals surface area contributed by atoms with Gasteiger partial charge in [-0.3, -0.25) is 4.98 Å². The first kappa shape index (κ1) is 12.4. The fourth-order valence-corrected chi connectivity index (χ4v) is 3.01. The monoisotopic (exact) mass is 293 g/mol. The number of rotatable bonds is 1. The number of methoxy groups -OCH3 is 1. The van der Waals surface area contributed by atoms with Gasteiger partial charge in [0.15, 0.2) is 0 Å². The van der Waals surface area contributed by atoms with Crippen LogP contribution in [0.1, 0.15) is 26.3 Å². The molecule has 0 aliphatic rings. The molecular weight excluding hydrogens is 278 g/mol.